The molecule has 0 fully saturated rings. The Morgan fingerprint density at radius 2 is 1.67 bits per heavy atom. The van der Waals surface area contributed by atoms with Crippen LogP contribution in [0.4, 0.5) is 11.4 Å². The largest absolute Gasteiger partial charge is 0.427 e. The Bertz CT molecular complexity index is 594. The van der Waals surface area contributed by atoms with Gasteiger partial charge in [-0.3, -0.25) is 4.79 Å². The Balaban J connectivity index is 2.42. The van der Waals surface area contributed by atoms with Crippen molar-refractivity contribution in [1.29, 1.82) is 0 Å². The third-order valence-corrected chi connectivity index (χ3v) is 2.54. The first-order valence-electron chi connectivity index (χ1n) is 5.51. The molecule has 0 spiro atoms. The first-order valence-corrected chi connectivity index (χ1v) is 5.51. The number of nitrogens with two attached hydrogens (primary N) is 2. The summed E-state index contributed by atoms with van der Waals surface area (Å²) in [6.07, 6.45) is 0. The van der Waals surface area contributed by atoms with E-state index in [4.69, 9.17) is 16.2 Å². The lowest BCUT2D eigenvalue weighted by molar-refractivity contribution is -0.131. The highest BCUT2D eigenvalue weighted by Gasteiger charge is 2.07. The Kier molecular flexibility index (Phi) is 3.19. The van der Waals surface area contributed by atoms with Gasteiger partial charge in [0.05, 0.1) is 0 Å². The molecule has 0 saturated carbocycles. The molecule has 0 heterocycles. The molecule has 4 heteroatoms. The Morgan fingerprint density at radius 1 is 1.00 bits per heavy atom. The number of para-hydroxylation sites is 1. The molecule has 0 bridgehead atoms. The zero-order chi connectivity index (χ0) is 13.1. The molecule has 0 aliphatic carbocycles. The van der Waals surface area contributed by atoms with E-state index in [1.807, 2.05) is 24.3 Å². The number of hydrogen-bond donors (Lipinski definition) is 2. The summed E-state index contributed by atoms with van der Waals surface area (Å²) in [5.41, 5.74) is 14.7. The van der Waals surface area contributed by atoms with Crippen molar-refractivity contribution in [1.82, 2.24) is 0 Å². The average molecular weight is 242 g/mol. The van der Waals surface area contributed by atoms with Crippen LogP contribution in [-0.2, 0) is 4.79 Å². The lowest BCUT2D eigenvalue weighted by Gasteiger charge is -2.10. The quantitative estimate of drug-likeness (QED) is 0.481. The molecule has 18 heavy (non-hydrogen) atoms. The molecule has 2 aromatic rings. The maximum atomic E-state index is 10.9. The number of benzene rings is 2. The molecule has 4 N–H and O–H groups in total. The van der Waals surface area contributed by atoms with Gasteiger partial charge in [0.25, 0.3) is 0 Å². The minimum absolute atomic E-state index is 0.374. The maximum Gasteiger partial charge on any atom is 0.308 e. The number of carbonyl (C=O) groups is 1. The van der Waals surface area contributed by atoms with E-state index in [-0.39, 0.29) is 5.97 Å². The van der Waals surface area contributed by atoms with Gasteiger partial charge in [-0.15, -0.1) is 0 Å². The number of ether oxygens (including phenoxy) is 1. The van der Waals surface area contributed by atoms with Crippen molar-refractivity contribution in [2.24, 2.45) is 0 Å². The molecule has 0 unspecified atom stereocenters. The molecular formula is C14H14N2O2. The van der Waals surface area contributed by atoms with Gasteiger partial charge in [-0.05, 0) is 18.2 Å². The van der Waals surface area contributed by atoms with Gasteiger partial charge >= 0.3 is 5.97 Å². The summed E-state index contributed by atoms with van der Waals surface area (Å²) >= 11 is 0. The molecule has 0 amide bonds. The molecule has 2 rings (SSSR count). The number of nitrogen functional groups attached to an aromatic ring is 2. The van der Waals surface area contributed by atoms with E-state index in [9.17, 15) is 4.79 Å². The van der Waals surface area contributed by atoms with Crippen LogP contribution in [0.15, 0.2) is 42.5 Å². The van der Waals surface area contributed by atoms with Crippen LogP contribution in [0.1, 0.15) is 6.92 Å². The molecule has 4 nitrogen and oxygen atoms in total. The molecular weight excluding hydrogens is 228 g/mol. The fourth-order valence-corrected chi connectivity index (χ4v) is 1.76. The van der Waals surface area contributed by atoms with Crippen LogP contribution in [-0.4, -0.2) is 5.97 Å². The zero-order valence-corrected chi connectivity index (χ0v) is 10.0. The van der Waals surface area contributed by atoms with Gasteiger partial charge in [-0.25, -0.2) is 0 Å². The van der Waals surface area contributed by atoms with Gasteiger partial charge in [0.1, 0.15) is 5.75 Å². The van der Waals surface area contributed by atoms with E-state index in [0.717, 1.165) is 11.1 Å². The van der Waals surface area contributed by atoms with Gasteiger partial charge in [0.15, 0.2) is 0 Å². The lowest BCUT2D eigenvalue weighted by Crippen LogP contribution is -2.02. The van der Waals surface area contributed by atoms with Crippen LogP contribution in [0.3, 0.4) is 0 Å². The van der Waals surface area contributed by atoms with Crippen LogP contribution < -0.4 is 16.2 Å². The van der Waals surface area contributed by atoms with Crippen molar-refractivity contribution in [3.8, 4) is 16.9 Å². The Labute approximate surface area is 105 Å². The van der Waals surface area contributed by atoms with Crippen molar-refractivity contribution in [2.75, 3.05) is 11.5 Å². The molecule has 0 atom stereocenters. The minimum atomic E-state index is -0.374. The second-order valence-corrected chi connectivity index (χ2v) is 3.93. The van der Waals surface area contributed by atoms with Crippen LogP contribution in [0.5, 0.6) is 5.75 Å². The summed E-state index contributed by atoms with van der Waals surface area (Å²) in [7, 11) is 0. The summed E-state index contributed by atoms with van der Waals surface area (Å²) in [4.78, 5) is 10.9. The summed E-state index contributed by atoms with van der Waals surface area (Å²) in [6.45, 7) is 1.35. The van der Waals surface area contributed by atoms with E-state index < -0.39 is 0 Å². The molecule has 0 saturated heterocycles. The summed E-state index contributed by atoms with van der Waals surface area (Å²) < 4.78 is 4.97. The fraction of sp³-hybridized carbons (Fsp3) is 0.0714. The SMILES string of the molecule is CC(=O)Oc1ccc(-c2ccccc2N)c(N)c1. The van der Waals surface area contributed by atoms with Crippen molar-refractivity contribution >= 4 is 17.3 Å². The molecule has 0 aliphatic heterocycles. The third kappa shape index (κ3) is 2.43. The average Bonchev–Trinajstić information content (AvgIpc) is 2.30. The van der Waals surface area contributed by atoms with Gasteiger partial charge in [0, 0.05) is 35.5 Å². The maximum absolute atomic E-state index is 10.9. The highest BCUT2D eigenvalue weighted by molar-refractivity contribution is 5.85. The van der Waals surface area contributed by atoms with Crippen LogP contribution in [0.25, 0.3) is 11.1 Å². The molecule has 2 aromatic carbocycles. The number of anilines is 2. The molecule has 92 valence electrons. The van der Waals surface area contributed by atoms with Gasteiger partial charge < -0.3 is 16.2 Å². The second-order valence-electron chi connectivity index (χ2n) is 3.93. The third-order valence-electron chi connectivity index (χ3n) is 2.54. The van der Waals surface area contributed by atoms with Crippen molar-refractivity contribution < 1.29 is 9.53 Å². The standard InChI is InChI=1S/C14H14N2O2/c1-9(17)18-10-6-7-12(14(16)8-10)11-4-2-3-5-13(11)15/h2-8H,15-16H2,1H3. The Hall–Kier alpha value is -2.49. The lowest BCUT2D eigenvalue weighted by atomic mass is 10.0. The van der Waals surface area contributed by atoms with E-state index in [1.54, 1.807) is 18.2 Å². The van der Waals surface area contributed by atoms with Crippen LogP contribution >= 0.6 is 0 Å². The van der Waals surface area contributed by atoms with Crippen molar-refractivity contribution in [3.05, 3.63) is 42.5 Å². The first kappa shape index (κ1) is 12.0. The number of rotatable bonds is 2. The summed E-state index contributed by atoms with van der Waals surface area (Å²) in [5.74, 6) is 0.0552. The van der Waals surface area contributed by atoms with E-state index in [2.05, 4.69) is 0 Å². The summed E-state index contributed by atoms with van der Waals surface area (Å²) in [5, 5.41) is 0. The summed E-state index contributed by atoms with van der Waals surface area (Å²) in [6, 6.07) is 12.6. The molecule has 0 radical (unpaired) electrons. The monoisotopic (exact) mass is 242 g/mol. The first-order chi connectivity index (χ1) is 8.58. The number of esters is 1. The highest BCUT2D eigenvalue weighted by Crippen LogP contribution is 2.32. The molecule has 0 aliphatic rings. The van der Waals surface area contributed by atoms with Crippen LogP contribution in [0, 0.1) is 0 Å². The van der Waals surface area contributed by atoms with Gasteiger partial charge in [-0.2, -0.15) is 0 Å². The predicted octanol–water partition coefficient (Wildman–Crippen LogP) is 2.44. The minimum Gasteiger partial charge on any atom is -0.427 e. The Morgan fingerprint density at radius 3 is 2.28 bits per heavy atom. The smallest absolute Gasteiger partial charge is 0.308 e. The molecule has 0 aromatic heterocycles. The normalized spacial score (nSPS) is 10.1. The van der Waals surface area contributed by atoms with Crippen LogP contribution in [0.2, 0.25) is 0 Å². The highest BCUT2D eigenvalue weighted by atomic mass is 16.5. The van der Waals surface area contributed by atoms with Gasteiger partial charge in [0.2, 0.25) is 0 Å². The van der Waals surface area contributed by atoms with E-state index in [1.165, 1.54) is 6.92 Å². The van der Waals surface area contributed by atoms with E-state index >= 15 is 0 Å². The fourth-order valence-electron chi connectivity index (χ4n) is 1.76. The number of carbonyl (C=O) groups excluding carboxylic acids is 1. The topological polar surface area (TPSA) is 78.3 Å². The zero-order valence-electron chi connectivity index (χ0n) is 10.0. The van der Waals surface area contributed by atoms with E-state index in [0.29, 0.717) is 17.1 Å². The number of hydrogen-bond acceptors (Lipinski definition) is 4. The van der Waals surface area contributed by atoms with Crippen molar-refractivity contribution in [2.45, 2.75) is 6.92 Å². The second kappa shape index (κ2) is 4.79. The van der Waals surface area contributed by atoms with Gasteiger partial charge in [-0.1, -0.05) is 18.2 Å². The van der Waals surface area contributed by atoms with Crippen molar-refractivity contribution in [3.63, 3.8) is 0 Å². The predicted molar refractivity (Wildman–Crippen MR) is 72.0 cm³/mol.